The summed E-state index contributed by atoms with van der Waals surface area (Å²) in [5.74, 6) is 0.315. The Morgan fingerprint density at radius 2 is 2.00 bits per heavy atom. The van der Waals surface area contributed by atoms with Crippen molar-refractivity contribution in [3.05, 3.63) is 34.9 Å². The molecule has 2 atom stereocenters. The van der Waals surface area contributed by atoms with Gasteiger partial charge in [0.1, 0.15) is 0 Å². The summed E-state index contributed by atoms with van der Waals surface area (Å²) in [7, 11) is 0. The first-order valence-electron chi connectivity index (χ1n) is 6.94. The van der Waals surface area contributed by atoms with Crippen LogP contribution in [-0.2, 0) is 0 Å². The number of nitrogens with one attached hydrogen (secondary N) is 2. The van der Waals surface area contributed by atoms with E-state index < -0.39 is 0 Å². The van der Waals surface area contributed by atoms with Gasteiger partial charge < -0.3 is 5.32 Å². The van der Waals surface area contributed by atoms with Gasteiger partial charge in [-0.25, -0.2) is 0 Å². The highest BCUT2D eigenvalue weighted by Gasteiger charge is 2.22. The van der Waals surface area contributed by atoms with Gasteiger partial charge in [0.25, 0.3) is 5.91 Å². The van der Waals surface area contributed by atoms with Crippen molar-refractivity contribution in [1.82, 2.24) is 10.6 Å². The summed E-state index contributed by atoms with van der Waals surface area (Å²) < 4.78 is 0. The highest BCUT2D eigenvalue weighted by molar-refractivity contribution is 7.80. The van der Waals surface area contributed by atoms with Crippen molar-refractivity contribution in [2.45, 2.75) is 38.6 Å². The molecule has 1 aliphatic carbocycles. The minimum Gasteiger partial charge on any atom is -0.359 e. The average molecular weight is 311 g/mol. The van der Waals surface area contributed by atoms with Crippen molar-refractivity contribution in [3.63, 3.8) is 0 Å². The summed E-state index contributed by atoms with van der Waals surface area (Å²) in [5.41, 5.74) is 0.440. The van der Waals surface area contributed by atoms with Crippen LogP contribution >= 0.6 is 23.8 Å². The Hall–Kier alpha value is -1.13. The molecule has 1 aromatic rings. The van der Waals surface area contributed by atoms with E-state index in [0.717, 1.165) is 6.42 Å². The van der Waals surface area contributed by atoms with Crippen LogP contribution in [-0.4, -0.2) is 17.1 Å². The monoisotopic (exact) mass is 310 g/mol. The lowest BCUT2D eigenvalue weighted by Crippen LogP contribution is -2.47. The van der Waals surface area contributed by atoms with E-state index in [1.54, 1.807) is 24.3 Å². The number of carbonyl (C=O) groups excluding carboxylic acids is 1. The number of benzene rings is 1. The molecule has 1 amide bonds. The molecule has 0 radical (unpaired) electrons. The lowest BCUT2D eigenvalue weighted by atomic mass is 9.86. The molecule has 0 aliphatic heterocycles. The lowest BCUT2D eigenvalue weighted by Gasteiger charge is -2.30. The van der Waals surface area contributed by atoms with Crippen molar-refractivity contribution in [1.29, 1.82) is 0 Å². The molecular weight excluding hydrogens is 292 g/mol. The Morgan fingerprint density at radius 1 is 1.30 bits per heavy atom. The molecule has 108 valence electrons. The first kappa shape index (κ1) is 15.3. The smallest absolute Gasteiger partial charge is 0.258 e. The quantitative estimate of drug-likeness (QED) is 0.821. The van der Waals surface area contributed by atoms with Crippen molar-refractivity contribution < 1.29 is 4.79 Å². The van der Waals surface area contributed by atoms with Crippen LogP contribution in [0.2, 0.25) is 5.02 Å². The minimum absolute atomic E-state index is 0.267. The maximum atomic E-state index is 12.1. The second-order valence-corrected chi connectivity index (χ2v) is 6.09. The fraction of sp³-hybridized carbons (Fsp3) is 0.467. The molecule has 2 N–H and O–H groups in total. The maximum absolute atomic E-state index is 12.1. The van der Waals surface area contributed by atoms with E-state index in [-0.39, 0.29) is 5.91 Å². The van der Waals surface area contributed by atoms with Gasteiger partial charge in [-0.2, -0.15) is 0 Å². The van der Waals surface area contributed by atoms with Gasteiger partial charge in [0, 0.05) is 6.04 Å². The summed E-state index contributed by atoms with van der Waals surface area (Å²) in [6.07, 6.45) is 4.79. The van der Waals surface area contributed by atoms with Crippen LogP contribution in [0.15, 0.2) is 24.3 Å². The molecule has 0 spiro atoms. The molecule has 5 heteroatoms. The van der Waals surface area contributed by atoms with Crippen molar-refractivity contribution in [2.75, 3.05) is 0 Å². The third-order valence-corrected chi connectivity index (χ3v) is 4.32. The zero-order chi connectivity index (χ0) is 14.5. The van der Waals surface area contributed by atoms with Gasteiger partial charge in [0.15, 0.2) is 5.11 Å². The van der Waals surface area contributed by atoms with Crippen molar-refractivity contribution in [2.24, 2.45) is 5.92 Å². The van der Waals surface area contributed by atoms with Crippen LogP contribution in [0.25, 0.3) is 0 Å². The molecule has 0 unspecified atom stereocenters. The topological polar surface area (TPSA) is 41.1 Å². The van der Waals surface area contributed by atoms with Crippen LogP contribution in [0.1, 0.15) is 43.0 Å². The van der Waals surface area contributed by atoms with Crippen LogP contribution in [0.4, 0.5) is 0 Å². The zero-order valence-corrected chi connectivity index (χ0v) is 13.1. The molecule has 1 fully saturated rings. The standard InChI is InChI=1S/C15H19ClN2OS/c1-10-6-2-5-9-13(10)17-15(20)18-14(19)11-7-3-4-8-12(11)16/h3-4,7-8,10,13H,2,5-6,9H2,1H3,(H2,17,18,19,20)/t10-,13+/m1/s1. The van der Waals surface area contributed by atoms with Gasteiger partial charge in [-0.3, -0.25) is 10.1 Å². The van der Waals surface area contributed by atoms with E-state index in [4.69, 9.17) is 23.8 Å². The van der Waals surface area contributed by atoms with Crippen LogP contribution in [0.5, 0.6) is 0 Å². The number of halogens is 1. The fourth-order valence-electron chi connectivity index (χ4n) is 2.55. The Balaban J connectivity index is 1.91. The van der Waals surface area contributed by atoms with Gasteiger partial charge in [0.2, 0.25) is 0 Å². The predicted molar refractivity (Wildman–Crippen MR) is 86.1 cm³/mol. The number of rotatable bonds is 2. The third-order valence-electron chi connectivity index (χ3n) is 3.77. The third kappa shape index (κ3) is 3.93. The summed E-state index contributed by atoms with van der Waals surface area (Å²) in [4.78, 5) is 12.1. The molecule has 1 saturated carbocycles. The van der Waals surface area contributed by atoms with Crippen molar-refractivity contribution >= 4 is 34.8 Å². The van der Waals surface area contributed by atoms with Crippen LogP contribution in [0.3, 0.4) is 0 Å². The second-order valence-electron chi connectivity index (χ2n) is 5.28. The lowest BCUT2D eigenvalue weighted by molar-refractivity contribution is 0.0976. The number of carbonyl (C=O) groups is 1. The first-order valence-corrected chi connectivity index (χ1v) is 7.73. The van der Waals surface area contributed by atoms with Gasteiger partial charge in [-0.15, -0.1) is 0 Å². The van der Waals surface area contributed by atoms with E-state index >= 15 is 0 Å². The molecule has 3 nitrogen and oxygen atoms in total. The minimum atomic E-state index is -0.267. The van der Waals surface area contributed by atoms with Crippen molar-refractivity contribution in [3.8, 4) is 0 Å². The maximum Gasteiger partial charge on any atom is 0.258 e. The van der Waals surface area contributed by atoms with Gasteiger partial charge >= 0.3 is 0 Å². The molecule has 2 rings (SSSR count). The Morgan fingerprint density at radius 3 is 2.70 bits per heavy atom. The normalized spacial score (nSPS) is 22.1. The fourth-order valence-corrected chi connectivity index (χ4v) is 3.02. The number of amides is 1. The summed E-state index contributed by atoms with van der Waals surface area (Å²) in [6.45, 7) is 2.22. The molecule has 1 aromatic carbocycles. The Bertz CT molecular complexity index is 506. The highest BCUT2D eigenvalue weighted by atomic mass is 35.5. The zero-order valence-electron chi connectivity index (χ0n) is 11.5. The Labute approximate surface area is 130 Å². The molecular formula is C15H19ClN2OS. The molecule has 20 heavy (non-hydrogen) atoms. The van der Waals surface area contributed by atoms with E-state index in [2.05, 4.69) is 17.6 Å². The molecule has 1 aliphatic rings. The molecule has 0 bridgehead atoms. The average Bonchev–Trinajstić information content (AvgIpc) is 2.41. The molecule has 0 heterocycles. The van der Waals surface area contributed by atoms with Gasteiger partial charge in [0.05, 0.1) is 10.6 Å². The number of hydrogen-bond acceptors (Lipinski definition) is 2. The predicted octanol–water partition coefficient (Wildman–Crippen LogP) is 3.52. The summed E-state index contributed by atoms with van der Waals surface area (Å²) >= 11 is 11.2. The molecule has 0 aromatic heterocycles. The molecule has 0 saturated heterocycles. The first-order chi connectivity index (χ1) is 9.58. The van der Waals surface area contributed by atoms with Crippen LogP contribution in [0, 0.1) is 5.92 Å². The number of thiocarbonyl (C=S) groups is 1. The second kappa shape index (κ2) is 7.04. The largest absolute Gasteiger partial charge is 0.359 e. The summed E-state index contributed by atoms with van der Waals surface area (Å²) in [6, 6.07) is 7.29. The summed E-state index contributed by atoms with van der Waals surface area (Å²) in [5, 5.41) is 6.76. The van der Waals surface area contributed by atoms with E-state index in [0.29, 0.717) is 27.7 Å². The van der Waals surface area contributed by atoms with E-state index in [1.807, 2.05) is 0 Å². The van der Waals surface area contributed by atoms with E-state index in [9.17, 15) is 4.79 Å². The van der Waals surface area contributed by atoms with Gasteiger partial charge in [-0.05, 0) is 43.1 Å². The van der Waals surface area contributed by atoms with Gasteiger partial charge in [-0.1, -0.05) is 43.5 Å². The SMILES string of the molecule is C[C@@H]1CCCC[C@@H]1NC(=S)NC(=O)c1ccccc1Cl. The van der Waals surface area contributed by atoms with Crippen LogP contribution < -0.4 is 10.6 Å². The highest BCUT2D eigenvalue weighted by Crippen LogP contribution is 2.23. The van der Waals surface area contributed by atoms with E-state index in [1.165, 1.54) is 19.3 Å². The Kier molecular flexibility index (Phi) is 5.38. The number of hydrogen-bond donors (Lipinski definition) is 2.